The van der Waals surface area contributed by atoms with Crippen LogP contribution < -0.4 is 5.73 Å². The molecule has 4 heteroatoms. The lowest BCUT2D eigenvalue weighted by Crippen LogP contribution is -2.30. The van der Waals surface area contributed by atoms with Gasteiger partial charge in [-0.15, -0.1) is 0 Å². The van der Waals surface area contributed by atoms with Crippen LogP contribution in [0, 0.1) is 0 Å². The van der Waals surface area contributed by atoms with Crippen LogP contribution in [0.15, 0.2) is 0 Å². The summed E-state index contributed by atoms with van der Waals surface area (Å²) >= 11 is 0. The Labute approximate surface area is 72.7 Å². The van der Waals surface area contributed by atoms with Gasteiger partial charge in [-0.05, 0) is 19.3 Å². The molecular formula is C8H17NO3. The lowest BCUT2D eigenvalue weighted by molar-refractivity contribution is -0.138. The van der Waals surface area contributed by atoms with Crippen molar-refractivity contribution in [1.29, 1.82) is 0 Å². The Morgan fingerprint density at radius 3 is 2.75 bits per heavy atom. The fraction of sp³-hybridized carbons (Fsp3) is 0.875. The summed E-state index contributed by atoms with van der Waals surface area (Å²) in [7, 11) is 0. The number of carboxylic acid groups (broad SMARTS) is 1. The number of rotatable bonds is 7. The number of ether oxygens (including phenoxy) is 1. The van der Waals surface area contributed by atoms with E-state index in [9.17, 15) is 4.79 Å². The van der Waals surface area contributed by atoms with E-state index in [0.29, 0.717) is 19.4 Å². The highest BCUT2D eigenvalue weighted by atomic mass is 16.5. The van der Waals surface area contributed by atoms with Gasteiger partial charge in [0.15, 0.2) is 0 Å². The number of nitrogens with two attached hydrogens (primary N) is 1. The van der Waals surface area contributed by atoms with Crippen LogP contribution in [0.3, 0.4) is 0 Å². The summed E-state index contributed by atoms with van der Waals surface area (Å²) in [4.78, 5) is 10.3. The summed E-state index contributed by atoms with van der Waals surface area (Å²) in [6.45, 7) is 3.38. The van der Waals surface area contributed by atoms with Gasteiger partial charge in [-0.3, -0.25) is 4.79 Å². The number of hydrogen-bond acceptors (Lipinski definition) is 3. The smallest absolute Gasteiger partial charge is 0.320 e. The Bertz CT molecular complexity index is 127. The van der Waals surface area contributed by atoms with Gasteiger partial charge in [-0.1, -0.05) is 6.92 Å². The van der Waals surface area contributed by atoms with Crippen LogP contribution in [0.1, 0.15) is 26.2 Å². The maximum absolute atomic E-state index is 10.3. The summed E-state index contributed by atoms with van der Waals surface area (Å²) in [5, 5.41) is 8.42. The molecule has 0 saturated heterocycles. The van der Waals surface area contributed by atoms with Crippen molar-refractivity contribution in [2.24, 2.45) is 5.73 Å². The lowest BCUT2D eigenvalue weighted by atomic mass is 10.2. The van der Waals surface area contributed by atoms with Crippen molar-refractivity contribution in [3.8, 4) is 0 Å². The van der Waals surface area contributed by atoms with Crippen LogP contribution in [-0.4, -0.2) is 30.3 Å². The van der Waals surface area contributed by atoms with Gasteiger partial charge in [-0.25, -0.2) is 0 Å². The molecule has 4 nitrogen and oxygen atoms in total. The van der Waals surface area contributed by atoms with Crippen LogP contribution in [0.4, 0.5) is 0 Å². The molecule has 72 valence electrons. The van der Waals surface area contributed by atoms with Crippen LogP contribution in [0.2, 0.25) is 0 Å². The fourth-order valence-electron chi connectivity index (χ4n) is 0.775. The number of carboxylic acids is 1. The first-order valence-corrected chi connectivity index (χ1v) is 4.24. The molecule has 0 rings (SSSR count). The van der Waals surface area contributed by atoms with Gasteiger partial charge in [0.1, 0.15) is 6.04 Å². The van der Waals surface area contributed by atoms with E-state index in [-0.39, 0.29) is 0 Å². The fourth-order valence-corrected chi connectivity index (χ4v) is 0.775. The van der Waals surface area contributed by atoms with E-state index in [0.717, 1.165) is 13.0 Å². The third-order valence-electron chi connectivity index (χ3n) is 1.47. The molecule has 12 heavy (non-hydrogen) atoms. The third kappa shape index (κ3) is 6.12. The Hall–Kier alpha value is -0.610. The third-order valence-corrected chi connectivity index (χ3v) is 1.47. The van der Waals surface area contributed by atoms with Gasteiger partial charge in [0, 0.05) is 13.2 Å². The van der Waals surface area contributed by atoms with Crippen LogP contribution >= 0.6 is 0 Å². The van der Waals surface area contributed by atoms with Crippen LogP contribution in [-0.2, 0) is 9.53 Å². The lowest BCUT2D eigenvalue weighted by Gasteiger charge is -2.05. The van der Waals surface area contributed by atoms with E-state index in [1.54, 1.807) is 0 Å². The van der Waals surface area contributed by atoms with Crippen molar-refractivity contribution in [2.45, 2.75) is 32.2 Å². The van der Waals surface area contributed by atoms with E-state index in [4.69, 9.17) is 15.6 Å². The summed E-state index contributed by atoms with van der Waals surface area (Å²) in [5.74, 6) is -0.939. The molecule has 0 heterocycles. The number of aliphatic carboxylic acids is 1. The predicted octanol–water partition coefficient (Wildman–Crippen LogP) is 0.605. The van der Waals surface area contributed by atoms with Gasteiger partial charge in [0.25, 0.3) is 0 Å². The zero-order chi connectivity index (χ0) is 9.40. The molecule has 0 aromatic heterocycles. The van der Waals surface area contributed by atoms with E-state index < -0.39 is 12.0 Å². The molecule has 0 aliphatic heterocycles. The monoisotopic (exact) mass is 175 g/mol. The summed E-state index contributed by atoms with van der Waals surface area (Å²) in [6.07, 6.45) is 2.19. The highest BCUT2D eigenvalue weighted by Gasteiger charge is 2.09. The number of hydrogen-bond donors (Lipinski definition) is 2. The molecule has 3 N–H and O–H groups in total. The summed E-state index contributed by atoms with van der Waals surface area (Å²) < 4.78 is 5.16. The van der Waals surface area contributed by atoms with Crippen molar-refractivity contribution >= 4 is 5.97 Å². The first-order chi connectivity index (χ1) is 5.68. The molecule has 1 atom stereocenters. The standard InChI is InChI=1S/C8H17NO3/c1-2-5-12-6-3-4-7(9)8(10)11/h7H,2-6,9H2,1H3,(H,10,11). The van der Waals surface area contributed by atoms with E-state index in [1.807, 2.05) is 6.92 Å². The zero-order valence-corrected chi connectivity index (χ0v) is 7.45. The van der Waals surface area contributed by atoms with E-state index in [2.05, 4.69) is 0 Å². The average molecular weight is 175 g/mol. The minimum atomic E-state index is -0.939. The van der Waals surface area contributed by atoms with Crippen molar-refractivity contribution in [3.63, 3.8) is 0 Å². The van der Waals surface area contributed by atoms with Crippen molar-refractivity contribution in [1.82, 2.24) is 0 Å². The molecule has 0 spiro atoms. The summed E-state index contributed by atoms with van der Waals surface area (Å²) in [6, 6.07) is -0.741. The summed E-state index contributed by atoms with van der Waals surface area (Å²) in [5.41, 5.74) is 5.28. The topological polar surface area (TPSA) is 72.5 Å². The Morgan fingerprint density at radius 1 is 1.58 bits per heavy atom. The first kappa shape index (κ1) is 11.4. The molecule has 0 aliphatic rings. The van der Waals surface area contributed by atoms with Crippen LogP contribution in [0.25, 0.3) is 0 Å². The second-order valence-electron chi connectivity index (χ2n) is 2.70. The van der Waals surface area contributed by atoms with Crippen LogP contribution in [0.5, 0.6) is 0 Å². The minimum Gasteiger partial charge on any atom is -0.480 e. The highest BCUT2D eigenvalue weighted by Crippen LogP contribution is 1.95. The quantitative estimate of drug-likeness (QED) is 0.556. The molecule has 0 bridgehead atoms. The molecule has 0 saturated carbocycles. The molecule has 0 aliphatic carbocycles. The van der Waals surface area contributed by atoms with Crippen molar-refractivity contribution in [2.75, 3.05) is 13.2 Å². The first-order valence-electron chi connectivity index (χ1n) is 4.24. The molecule has 0 amide bonds. The van der Waals surface area contributed by atoms with Gasteiger partial charge in [0.2, 0.25) is 0 Å². The predicted molar refractivity (Wildman–Crippen MR) is 46.0 cm³/mol. The van der Waals surface area contributed by atoms with Crippen molar-refractivity contribution < 1.29 is 14.6 Å². The molecule has 1 unspecified atom stereocenters. The Morgan fingerprint density at radius 2 is 2.25 bits per heavy atom. The van der Waals surface area contributed by atoms with Gasteiger partial charge in [0.05, 0.1) is 0 Å². The SMILES string of the molecule is CCCOCCCC(N)C(=O)O. The van der Waals surface area contributed by atoms with E-state index >= 15 is 0 Å². The van der Waals surface area contributed by atoms with Crippen molar-refractivity contribution in [3.05, 3.63) is 0 Å². The second kappa shape index (κ2) is 7.06. The van der Waals surface area contributed by atoms with Gasteiger partial charge in [-0.2, -0.15) is 0 Å². The maximum atomic E-state index is 10.3. The molecule has 0 fully saturated rings. The Kier molecular flexibility index (Phi) is 6.70. The largest absolute Gasteiger partial charge is 0.480 e. The zero-order valence-electron chi connectivity index (χ0n) is 7.45. The second-order valence-corrected chi connectivity index (χ2v) is 2.70. The average Bonchev–Trinajstić information content (AvgIpc) is 2.03. The normalized spacial score (nSPS) is 12.8. The molecular weight excluding hydrogens is 158 g/mol. The number of carbonyl (C=O) groups is 1. The van der Waals surface area contributed by atoms with Gasteiger partial charge >= 0.3 is 5.97 Å². The van der Waals surface area contributed by atoms with Gasteiger partial charge < -0.3 is 15.6 Å². The maximum Gasteiger partial charge on any atom is 0.320 e. The van der Waals surface area contributed by atoms with E-state index in [1.165, 1.54) is 0 Å². The molecule has 0 aromatic rings. The molecule has 0 radical (unpaired) electrons. The minimum absolute atomic E-state index is 0.485. The Balaban J connectivity index is 3.14. The molecule has 0 aromatic carbocycles. The highest BCUT2D eigenvalue weighted by molar-refractivity contribution is 5.72.